The molecule has 0 radical (unpaired) electrons. The van der Waals surface area contributed by atoms with E-state index in [2.05, 4.69) is 60.7 Å². The molecule has 1 N–H and O–H groups in total. The molecule has 5 atom stereocenters. The van der Waals surface area contributed by atoms with Gasteiger partial charge in [0.2, 0.25) is 5.91 Å². The molecule has 1 spiro atoms. The normalized spacial score (nSPS) is 22.8. The number of amides is 2. The Morgan fingerprint density at radius 2 is 1.70 bits per heavy atom. The smallest absolute Gasteiger partial charge is 0.264 e. The van der Waals surface area contributed by atoms with Crippen LogP contribution < -0.4 is 19.7 Å². The third-order valence-electron chi connectivity index (χ3n) is 12.6. The number of benzene rings is 4. The van der Waals surface area contributed by atoms with Crippen molar-refractivity contribution in [3.8, 4) is 5.75 Å². The van der Waals surface area contributed by atoms with Crippen molar-refractivity contribution in [2.45, 2.75) is 82.0 Å². The highest BCUT2D eigenvalue weighted by Crippen LogP contribution is 2.60. The van der Waals surface area contributed by atoms with Gasteiger partial charge in [0.05, 0.1) is 51.7 Å². The highest BCUT2D eigenvalue weighted by atomic mass is 28.3. The Labute approximate surface area is 330 Å². The van der Waals surface area contributed by atoms with Crippen LogP contribution in [0.3, 0.4) is 0 Å². The molecule has 2 fully saturated rings. The first-order chi connectivity index (χ1) is 27.1. The molecule has 2 amide bonds. The summed E-state index contributed by atoms with van der Waals surface area (Å²) in [6.07, 6.45) is 4.59. The van der Waals surface area contributed by atoms with Crippen LogP contribution in [0.5, 0.6) is 5.75 Å². The molecule has 0 aliphatic carbocycles. The zero-order valence-electron chi connectivity index (χ0n) is 32.7. The Morgan fingerprint density at radius 3 is 2.39 bits per heavy atom. The number of aliphatic hydroxyl groups excluding tert-OH is 1. The molecule has 3 aliphatic rings. The lowest BCUT2D eigenvalue weighted by Crippen LogP contribution is -2.51. The van der Waals surface area contributed by atoms with Crippen molar-refractivity contribution in [2.75, 3.05) is 30.1 Å². The van der Waals surface area contributed by atoms with Gasteiger partial charge in [0, 0.05) is 42.9 Å². The van der Waals surface area contributed by atoms with Gasteiger partial charge in [-0.05, 0) is 66.3 Å². The molecule has 56 heavy (non-hydrogen) atoms. The Balaban J connectivity index is 1.19. The third kappa shape index (κ3) is 6.65. The number of piperidine rings is 1. The number of aryl methyl sites for hydroxylation is 1. The van der Waals surface area contributed by atoms with Crippen LogP contribution in [0.15, 0.2) is 109 Å². The predicted molar refractivity (Wildman–Crippen MR) is 220 cm³/mol. The second-order valence-corrected chi connectivity index (χ2v) is 20.8. The predicted octanol–water partition coefficient (Wildman–Crippen LogP) is 6.78. The Hall–Kier alpha value is -5.10. The van der Waals surface area contributed by atoms with E-state index in [1.54, 1.807) is 7.11 Å². The van der Waals surface area contributed by atoms with Gasteiger partial charge in [-0.3, -0.25) is 14.3 Å². The van der Waals surface area contributed by atoms with Crippen LogP contribution >= 0.6 is 0 Å². The van der Waals surface area contributed by atoms with Crippen LogP contribution in [0.25, 0.3) is 0 Å². The van der Waals surface area contributed by atoms with E-state index in [1.807, 2.05) is 93.5 Å². The minimum atomic E-state index is -2.40. The monoisotopic (exact) mass is 769 g/mol. The average molecular weight is 770 g/mol. The first-order valence-electron chi connectivity index (χ1n) is 19.8. The van der Waals surface area contributed by atoms with E-state index in [-0.39, 0.29) is 41.9 Å². The second-order valence-electron chi connectivity index (χ2n) is 16.1. The molecule has 11 heteroatoms. The first-order valence-corrected chi connectivity index (χ1v) is 22.9. The molecule has 3 aliphatic heterocycles. The van der Waals surface area contributed by atoms with Crippen molar-refractivity contribution < 1.29 is 24.2 Å². The number of hydrogen-bond acceptors (Lipinski definition) is 7. The minimum Gasteiger partial charge on any atom is -0.497 e. The maximum Gasteiger partial charge on any atom is 0.264 e. The topological polar surface area (TPSA) is 110 Å². The van der Waals surface area contributed by atoms with E-state index in [1.165, 1.54) is 5.19 Å². The molecule has 4 heterocycles. The van der Waals surface area contributed by atoms with Crippen molar-refractivity contribution in [2.24, 2.45) is 5.92 Å². The summed E-state index contributed by atoms with van der Waals surface area (Å²) < 4.78 is 14.8. The highest BCUT2D eigenvalue weighted by Gasteiger charge is 2.66. The molecule has 1 aromatic heterocycles. The fraction of sp³-hybridized carbons (Fsp3) is 0.378. The summed E-state index contributed by atoms with van der Waals surface area (Å²) in [5.41, 5.74) is 3.98. The summed E-state index contributed by atoms with van der Waals surface area (Å²) in [4.78, 5) is 32.4. The van der Waals surface area contributed by atoms with E-state index in [4.69, 9.17) is 9.47 Å². The Bertz CT molecular complexity index is 2180. The zero-order chi connectivity index (χ0) is 39.0. The van der Waals surface area contributed by atoms with Crippen molar-refractivity contribution in [1.29, 1.82) is 0 Å². The number of methoxy groups -OCH3 is 1. The van der Waals surface area contributed by atoms with Crippen LogP contribution in [-0.4, -0.2) is 66.4 Å². The average Bonchev–Trinajstić information content (AvgIpc) is 3.88. The number of anilines is 2. The molecular weight excluding hydrogens is 719 g/mol. The third-order valence-corrected chi connectivity index (χ3v) is 16.9. The summed E-state index contributed by atoms with van der Waals surface area (Å²) in [5, 5.41) is 20.6. The van der Waals surface area contributed by atoms with Crippen molar-refractivity contribution in [3.05, 3.63) is 132 Å². The van der Waals surface area contributed by atoms with Crippen LogP contribution in [0, 0.1) is 5.92 Å². The van der Waals surface area contributed by atoms with Gasteiger partial charge >= 0.3 is 0 Å². The summed E-state index contributed by atoms with van der Waals surface area (Å²) in [6, 6.07) is 34.4. The van der Waals surface area contributed by atoms with Crippen molar-refractivity contribution >= 4 is 36.4 Å². The number of hydrogen-bond donors (Lipinski definition) is 1. The standard InChI is InChI=1S/C45H51N5O5Si/c1-31-43(56(3,4)36-21-19-35(54-2)20-22-36)41(24-26-48-29-39(46-47-48)37(30-51)33-15-9-6-10-16-33)55-45(31)38-27-34(49-25-12-11-17-42(49)52)18-23-40(38)50(44(45)53)28-32-13-7-5-8-14-32/h5-10,13-16,18-23,27,29,31,37,41,43,51H,11-12,17,24-26,28,30H2,1-4H3/t31-,37?,41+,43-,45+/m0/s1. The van der Waals surface area contributed by atoms with E-state index >= 15 is 4.79 Å². The maximum absolute atomic E-state index is 15.4. The van der Waals surface area contributed by atoms with Crippen LogP contribution in [0.1, 0.15) is 60.9 Å². The lowest BCUT2D eigenvalue weighted by molar-refractivity contribution is -0.146. The van der Waals surface area contributed by atoms with Gasteiger partial charge in [0.25, 0.3) is 5.91 Å². The largest absolute Gasteiger partial charge is 0.497 e. The lowest BCUT2D eigenvalue weighted by Gasteiger charge is -2.37. The van der Waals surface area contributed by atoms with Gasteiger partial charge in [0.1, 0.15) is 5.75 Å². The second kappa shape index (κ2) is 15.4. The summed E-state index contributed by atoms with van der Waals surface area (Å²) in [6.45, 7) is 8.49. The molecule has 0 bridgehead atoms. The van der Waals surface area contributed by atoms with Gasteiger partial charge in [0.15, 0.2) is 5.60 Å². The maximum atomic E-state index is 15.4. The molecule has 1 unspecified atom stereocenters. The first kappa shape index (κ1) is 37.8. The summed E-state index contributed by atoms with van der Waals surface area (Å²) in [7, 11) is -0.721. The van der Waals surface area contributed by atoms with E-state index in [0.717, 1.165) is 46.7 Å². The Kier molecular flexibility index (Phi) is 10.4. The fourth-order valence-electron chi connectivity index (χ4n) is 9.64. The number of aromatic nitrogens is 3. The minimum absolute atomic E-state index is 0.0298. The quantitative estimate of drug-likeness (QED) is 0.139. The highest BCUT2D eigenvalue weighted by molar-refractivity contribution is 6.91. The van der Waals surface area contributed by atoms with E-state index in [9.17, 15) is 9.90 Å². The van der Waals surface area contributed by atoms with E-state index in [0.29, 0.717) is 38.2 Å². The lowest BCUT2D eigenvalue weighted by atomic mass is 9.82. The Morgan fingerprint density at radius 1 is 0.964 bits per heavy atom. The molecule has 290 valence electrons. The van der Waals surface area contributed by atoms with Crippen LogP contribution in [0.2, 0.25) is 18.6 Å². The molecule has 10 nitrogen and oxygen atoms in total. The molecule has 2 saturated heterocycles. The zero-order valence-corrected chi connectivity index (χ0v) is 33.7. The number of carbonyl (C=O) groups is 2. The number of aliphatic hydroxyl groups is 1. The van der Waals surface area contributed by atoms with Crippen LogP contribution in [-0.2, 0) is 33.0 Å². The number of fused-ring (bicyclic) bond motifs is 2. The summed E-state index contributed by atoms with van der Waals surface area (Å²) in [5.74, 6) is 0.378. The molecule has 8 rings (SSSR count). The van der Waals surface area contributed by atoms with Gasteiger partial charge in [-0.15, -0.1) is 5.10 Å². The van der Waals surface area contributed by atoms with Crippen molar-refractivity contribution in [3.63, 3.8) is 0 Å². The number of nitrogens with zero attached hydrogens (tertiary/aromatic N) is 5. The van der Waals surface area contributed by atoms with Crippen LogP contribution in [0.4, 0.5) is 11.4 Å². The van der Waals surface area contributed by atoms with Crippen molar-refractivity contribution in [1.82, 2.24) is 15.0 Å². The number of ether oxygens (including phenoxy) is 2. The number of rotatable bonds is 12. The van der Waals surface area contributed by atoms with Gasteiger partial charge in [-0.25, -0.2) is 0 Å². The molecule has 4 aromatic carbocycles. The molecular formula is C45H51N5O5Si. The summed E-state index contributed by atoms with van der Waals surface area (Å²) >= 11 is 0. The molecule has 0 saturated carbocycles. The fourth-order valence-corrected chi connectivity index (χ4v) is 13.7. The molecule has 5 aromatic rings. The van der Waals surface area contributed by atoms with E-state index < -0.39 is 13.7 Å². The van der Waals surface area contributed by atoms with Gasteiger partial charge < -0.3 is 24.4 Å². The SMILES string of the molecule is COc1ccc([Si](C)(C)[C@@H]2[C@@H](CCn3cc(C(CO)c4ccccc4)nn3)O[C@]3(C(=O)N(Cc4ccccc4)c4ccc(N5CCCCC5=O)cc43)[C@H]2C)cc1. The van der Waals surface area contributed by atoms with Gasteiger partial charge in [-0.2, -0.15) is 0 Å². The number of carbonyl (C=O) groups excluding carboxylic acids is 2. The van der Waals surface area contributed by atoms with Gasteiger partial charge in [-0.1, -0.05) is 103 Å².